The molecule has 0 aliphatic carbocycles. The molecule has 1 saturated heterocycles. The fraction of sp³-hybridized carbons (Fsp3) is 0.429. The van der Waals surface area contributed by atoms with Crippen LogP contribution in [0.1, 0.15) is 65.5 Å². The summed E-state index contributed by atoms with van der Waals surface area (Å²) in [7, 11) is 0. The lowest BCUT2D eigenvalue weighted by Gasteiger charge is -2.32. The molecule has 4 rings (SSSR count). The summed E-state index contributed by atoms with van der Waals surface area (Å²) in [5.74, 6) is 1.65. The van der Waals surface area contributed by atoms with Crippen molar-refractivity contribution >= 4 is 17.2 Å². The van der Waals surface area contributed by atoms with Crippen LogP contribution in [0, 0.1) is 0 Å². The number of carbonyl (C=O) groups is 1. The van der Waals surface area contributed by atoms with Crippen molar-refractivity contribution in [3.05, 3.63) is 64.4 Å². The van der Waals surface area contributed by atoms with Crippen LogP contribution >= 0.6 is 11.3 Å². The van der Waals surface area contributed by atoms with E-state index in [1.54, 1.807) is 0 Å². The second-order valence-electron chi connectivity index (χ2n) is 7.56. The largest absolute Gasteiger partial charge is 0.336 e. The predicted octanol–water partition coefficient (Wildman–Crippen LogP) is 3.93. The maximum Gasteiger partial charge on any atom is 0.282 e. The average Bonchev–Trinajstić information content (AvgIpc) is 3.38. The summed E-state index contributed by atoms with van der Waals surface area (Å²) >= 11 is 1.45. The van der Waals surface area contributed by atoms with Crippen LogP contribution in [0.2, 0.25) is 0 Å². The summed E-state index contributed by atoms with van der Waals surface area (Å²) < 4.78 is 2.15. The van der Waals surface area contributed by atoms with E-state index in [1.807, 2.05) is 47.1 Å². The molecule has 7 heteroatoms. The summed E-state index contributed by atoms with van der Waals surface area (Å²) in [5, 5.41) is 2.60. The molecule has 1 aliphatic heterocycles. The van der Waals surface area contributed by atoms with E-state index in [2.05, 4.69) is 33.4 Å². The molecule has 0 aromatic carbocycles. The van der Waals surface area contributed by atoms with Gasteiger partial charge >= 0.3 is 0 Å². The van der Waals surface area contributed by atoms with Crippen molar-refractivity contribution in [2.75, 3.05) is 13.1 Å². The number of nitrogens with zero attached hydrogens (tertiary/aromatic N) is 5. The van der Waals surface area contributed by atoms with Crippen molar-refractivity contribution in [1.29, 1.82) is 0 Å². The number of rotatable bonds is 5. The molecule has 6 nitrogen and oxygen atoms in total. The normalized spacial score (nSPS) is 17.2. The van der Waals surface area contributed by atoms with E-state index in [0.717, 1.165) is 36.6 Å². The Labute approximate surface area is 169 Å². The quantitative estimate of drug-likeness (QED) is 0.657. The van der Waals surface area contributed by atoms with E-state index in [-0.39, 0.29) is 11.8 Å². The first-order valence-corrected chi connectivity index (χ1v) is 10.7. The Morgan fingerprint density at radius 3 is 2.93 bits per heavy atom. The van der Waals surface area contributed by atoms with Gasteiger partial charge in [-0.15, -0.1) is 11.3 Å². The van der Waals surface area contributed by atoms with Gasteiger partial charge in [-0.1, -0.05) is 19.9 Å². The smallest absolute Gasteiger partial charge is 0.282 e. The van der Waals surface area contributed by atoms with Gasteiger partial charge in [0.25, 0.3) is 5.91 Å². The van der Waals surface area contributed by atoms with E-state index in [4.69, 9.17) is 0 Å². The summed E-state index contributed by atoms with van der Waals surface area (Å²) in [5.41, 5.74) is 2.00. The van der Waals surface area contributed by atoms with Crippen molar-refractivity contribution in [3.63, 3.8) is 0 Å². The molecule has 0 N–H and O–H groups in total. The Bertz CT molecular complexity index is 933. The van der Waals surface area contributed by atoms with Crippen LogP contribution in [0.3, 0.4) is 0 Å². The summed E-state index contributed by atoms with van der Waals surface area (Å²) in [6.07, 6.45) is 7.68. The van der Waals surface area contributed by atoms with Crippen LogP contribution < -0.4 is 0 Å². The Balaban J connectivity index is 1.48. The average molecular weight is 396 g/mol. The van der Waals surface area contributed by atoms with Gasteiger partial charge in [-0.05, 0) is 30.9 Å². The monoisotopic (exact) mass is 395 g/mol. The van der Waals surface area contributed by atoms with Crippen LogP contribution in [0.15, 0.2) is 42.2 Å². The lowest BCUT2D eigenvalue weighted by molar-refractivity contribution is 0.0702. The number of amides is 1. The van der Waals surface area contributed by atoms with Gasteiger partial charge < -0.3 is 9.47 Å². The Hall–Kier alpha value is -2.54. The fourth-order valence-electron chi connectivity index (χ4n) is 3.64. The summed E-state index contributed by atoms with van der Waals surface area (Å²) in [4.78, 5) is 28.5. The number of piperidine rings is 1. The molecular formula is C21H25N5OS. The van der Waals surface area contributed by atoms with Crippen LogP contribution in [-0.4, -0.2) is 43.4 Å². The van der Waals surface area contributed by atoms with Crippen LogP contribution in [0.25, 0.3) is 0 Å². The standard InChI is InChI=1S/C21H25N5OS/c1-15(2)18-14-28-20(24-18)21(27)26-10-5-6-16(12-26)19-23-9-11-25(19)13-17-7-3-4-8-22-17/h3-4,7-9,11,14-16H,5-6,10,12-13H2,1-2H3/t16-/m0/s1. The zero-order chi connectivity index (χ0) is 19.5. The van der Waals surface area contributed by atoms with Crippen molar-refractivity contribution in [2.45, 2.75) is 45.1 Å². The molecule has 0 unspecified atom stereocenters. The van der Waals surface area contributed by atoms with E-state index in [1.165, 1.54) is 11.3 Å². The number of imidazole rings is 1. The maximum atomic E-state index is 13.0. The van der Waals surface area contributed by atoms with Gasteiger partial charge in [0.15, 0.2) is 5.01 Å². The summed E-state index contributed by atoms with van der Waals surface area (Å²) in [6.45, 7) is 6.37. The Morgan fingerprint density at radius 1 is 1.29 bits per heavy atom. The van der Waals surface area contributed by atoms with Gasteiger partial charge in [0.05, 0.1) is 17.9 Å². The van der Waals surface area contributed by atoms with E-state index >= 15 is 0 Å². The number of hydrogen-bond acceptors (Lipinski definition) is 5. The summed E-state index contributed by atoms with van der Waals surface area (Å²) in [6, 6.07) is 5.95. The predicted molar refractivity (Wildman–Crippen MR) is 110 cm³/mol. The zero-order valence-corrected chi connectivity index (χ0v) is 17.1. The SMILES string of the molecule is CC(C)c1csc(C(=O)N2CCC[C@H](c3nccn3Cc3ccccn3)C2)n1. The van der Waals surface area contributed by atoms with E-state index in [0.29, 0.717) is 24.0 Å². The Morgan fingerprint density at radius 2 is 2.18 bits per heavy atom. The minimum absolute atomic E-state index is 0.0458. The van der Waals surface area contributed by atoms with Crippen molar-refractivity contribution in [2.24, 2.45) is 0 Å². The maximum absolute atomic E-state index is 13.0. The second-order valence-corrected chi connectivity index (χ2v) is 8.42. The molecular weight excluding hydrogens is 370 g/mol. The molecule has 146 valence electrons. The number of aromatic nitrogens is 4. The van der Waals surface area contributed by atoms with Gasteiger partial charge in [-0.25, -0.2) is 9.97 Å². The molecule has 3 aromatic rings. The van der Waals surface area contributed by atoms with Crippen molar-refractivity contribution in [1.82, 2.24) is 24.4 Å². The lowest BCUT2D eigenvalue weighted by atomic mass is 9.97. The number of likely N-dealkylation sites (tertiary alicyclic amines) is 1. The molecule has 28 heavy (non-hydrogen) atoms. The number of thiazole rings is 1. The number of carbonyl (C=O) groups excluding carboxylic acids is 1. The molecule has 0 bridgehead atoms. The number of hydrogen-bond donors (Lipinski definition) is 0. The molecule has 3 aromatic heterocycles. The van der Waals surface area contributed by atoms with Crippen LogP contribution in [0.5, 0.6) is 0 Å². The van der Waals surface area contributed by atoms with Gasteiger partial charge in [0, 0.05) is 43.0 Å². The third-order valence-corrected chi connectivity index (χ3v) is 6.02. The molecule has 0 saturated carbocycles. The molecule has 1 amide bonds. The second kappa shape index (κ2) is 8.22. The van der Waals surface area contributed by atoms with Crippen molar-refractivity contribution in [3.8, 4) is 0 Å². The van der Waals surface area contributed by atoms with E-state index < -0.39 is 0 Å². The lowest BCUT2D eigenvalue weighted by Crippen LogP contribution is -2.39. The third-order valence-electron chi connectivity index (χ3n) is 5.18. The van der Waals surface area contributed by atoms with Gasteiger partial charge in [-0.2, -0.15) is 0 Å². The molecule has 1 fully saturated rings. The molecule has 0 spiro atoms. The number of pyridine rings is 1. The van der Waals surface area contributed by atoms with Gasteiger partial charge in [-0.3, -0.25) is 9.78 Å². The first-order chi connectivity index (χ1) is 13.6. The van der Waals surface area contributed by atoms with Crippen LogP contribution in [-0.2, 0) is 6.54 Å². The minimum Gasteiger partial charge on any atom is -0.336 e. The topological polar surface area (TPSA) is 63.9 Å². The highest BCUT2D eigenvalue weighted by molar-refractivity contribution is 7.11. The third kappa shape index (κ3) is 3.99. The molecule has 1 aliphatic rings. The van der Waals surface area contributed by atoms with Gasteiger partial charge in [0.2, 0.25) is 0 Å². The highest BCUT2D eigenvalue weighted by atomic mass is 32.1. The van der Waals surface area contributed by atoms with Gasteiger partial charge in [0.1, 0.15) is 5.82 Å². The van der Waals surface area contributed by atoms with E-state index in [9.17, 15) is 4.79 Å². The highest BCUT2D eigenvalue weighted by Crippen LogP contribution is 2.28. The zero-order valence-electron chi connectivity index (χ0n) is 16.3. The molecule has 4 heterocycles. The Kier molecular flexibility index (Phi) is 5.52. The highest BCUT2D eigenvalue weighted by Gasteiger charge is 2.29. The minimum atomic E-state index is 0.0458. The first-order valence-electron chi connectivity index (χ1n) is 9.77. The molecule has 0 radical (unpaired) electrons. The van der Waals surface area contributed by atoms with Crippen LogP contribution in [0.4, 0.5) is 0 Å². The van der Waals surface area contributed by atoms with Crippen molar-refractivity contribution < 1.29 is 4.79 Å². The fourth-order valence-corrected chi connectivity index (χ4v) is 4.58. The molecule has 1 atom stereocenters. The first kappa shape index (κ1) is 18.8.